The predicted molar refractivity (Wildman–Crippen MR) is 89.9 cm³/mol. The first-order valence-corrected chi connectivity index (χ1v) is 9.02. The molecular weight excluding hydrogens is 330 g/mol. The van der Waals surface area contributed by atoms with Gasteiger partial charge in [0, 0.05) is 31.2 Å². The van der Waals surface area contributed by atoms with Crippen molar-refractivity contribution in [3.8, 4) is 0 Å². The van der Waals surface area contributed by atoms with Crippen LogP contribution in [0.2, 0.25) is 0 Å². The van der Waals surface area contributed by atoms with Crippen LogP contribution in [0.4, 0.5) is 11.4 Å². The van der Waals surface area contributed by atoms with Crippen LogP contribution in [0.5, 0.6) is 0 Å². The summed E-state index contributed by atoms with van der Waals surface area (Å²) in [6, 6.07) is 5.42. The predicted octanol–water partition coefficient (Wildman–Crippen LogP) is 0.260. The lowest BCUT2D eigenvalue weighted by Gasteiger charge is -2.30. The number of benzene rings is 1. The van der Waals surface area contributed by atoms with E-state index in [4.69, 9.17) is 5.73 Å². The summed E-state index contributed by atoms with van der Waals surface area (Å²) in [5.74, 6) is -0.318. The highest BCUT2D eigenvalue weighted by atomic mass is 32.2. The number of anilines is 2. The van der Waals surface area contributed by atoms with Crippen LogP contribution in [-0.4, -0.2) is 37.0 Å². The summed E-state index contributed by atoms with van der Waals surface area (Å²) in [5.41, 5.74) is 8.31. The Morgan fingerprint density at radius 1 is 1.42 bits per heavy atom. The minimum atomic E-state index is -3.81. The largest absolute Gasteiger partial charge is 0.398 e. The summed E-state index contributed by atoms with van der Waals surface area (Å²) >= 11 is 0. The zero-order chi connectivity index (χ0) is 17.3. The van der Waals surface area contributed by atoms with Crippen molar-refractivity contribution in [2.24, 2.45) is 7.05 Å². The van der Waals surface area contributed by atoms with Crippen molar-refractivity contribution in [1.82, 2.24) is 14.3 Å². The van der Waals surface area contributed by atoms with E-state index in [9.17, 15) is 13.2 Å². The Morgan fingerprint density at radius 2 is 2.21 bits per heavy atom. The molecule has 0 unspecified atom stereocenters. The van der Waals surface area contributed by atoms with E-state index >= 15 is 0 Å². The molecule has 1 amide bonds. The van der Waals surface area contributed by atoms with Crippen LogP contribution in [0.1, 0.15) is 12.0 Å². The number of nitrogens with two attached hydrogens (primary N) is 1. The topological polar surface area (TPSA) is 110 Å². The van der Waals surface area contributed by atoms with Crippen LogP contribution in [0, 0.1) is 0 Å². The maximum absolute atomic E-state index is 12.5. The summed E-state index contributed by atoms with van der Waals surface area (Å²) < 4.78 is 28.1. The van der Waals surface area contributed by atoms with Crippen LogP contribution in [0.3, 0.4) is 0 Å². The van der Waals surface area contributed by atoms with E-state index in [1.165, 1.54) is 17.1 Å². The first kappa shape index (κ1) is 16.5. The Labute approximate surface area is 140 Å². The minimum absolute atomic E-state index is 0.110. The monoisotopic (exact) mass is 349 g/mol. The number of nitrogen functional groups attached to an aromatic ring is 1. The summed E-state index contributed by atoms with van der Waals surface area (Å²) in [6.45, 7) is 0.216. The third kappa shape index (κ3) is 3.13. The number of rotatable bonds is 4. The number of amides is 1. The van der Waals surface area contributed by atoms with E-state index in [1.54, 1.807) is 24.1 Å². The minimum Gasteiger partial charge on any atom is -0.398 e. The second-order valence-corrected chi connectivity index (χ2v) is 7.41. The standard InChI is InChI=1S/C15H19N5O3S/c1-19-9-14(17-10-19)24(22,23)18-8-15(21)20-7-3-4-11-12(16)5-2-6-13(11)20/h2,5-6,9-10,18H,3-4,7-8,16H2,1H3. The molecule has 0 radical (unpaired) electrons. The molecule has 1 aliphatic rings. The molecule has 0 saturated heterocycles. The maximum atomic E-state index is 12.5. The van der Waals surface area contributed by atoms with E-state index in [0.29, 0.717) is 12.2 Å². The molecule has 9 heteroatoms. The van der Waals surface area contributed by atoms with Crippen molar-refractivity contribution in [3.63, 3.8) is 0 Å². The van der Waals surface area contributed by atoms with Gasteiger partial charge in [-0.15, -0.1) is 0 Å². The number of aryl methyl sites for hydroxylation is 1. The average Bonchev–Trinajstić information content (AvgIpc) is 3.00. The molecule has 0 atom stereocenters. The number of nitrogens with one attached hydrogen (secondary N) is 1. The first-order valence-electron chi connectivity index (χ1n) is 7.54. The van der Waals surface area contributed by atoms with Gasteiger partial charge in [-0.25, -0.2) is 18.1 Å². The van der Waals surface area contributed by atoms with E-state index in [2.05, 4.69) is 9.71 Å². The number of sulfonamides is 1. The molecule has 1 aliphatic heterocycles. The quantitative estimate of drug-likeness (QED) is 0.769. The van der Waals surface area contributed by atoms with Gasteiger partial charge in [-0.05, 0) is 30.5 Å². The Morgan fingerprint density at radius 3 is 2.92 bits per heavy atom. The third-order valence-corrected chi connectivity index (χ3v) is 5.24. The fourth-order valence-electron chi connectivity index (χ4n) is 2.76. The molecule has 2 aromatic rings. The molecule has 24 heavy (non-hydrogen) atoms. The van der Waals surface area contributed by atoms with Crippen molar-refractivity contribution >= 4 is 27.3 Å². The zero-order valence-corrected chi connectivity index (χ0v) is 14.1. The smallest absolute Gasteiger partial charge is 0.260 e. The lowest BCUT2D eigenvalue weighted by molar-refractivity contribution is -0.117. The normalized spacial score (nSPS) is 14.5. The number of fused-ring (bicyclic) bond motifs is 1. The van der Waals surface area contributed by atoms with E-state index in [0.717, 1.165) is 24.1 Å². The molecule has 3 N–H and O–H groups in total. The SMILES string of the molecule is Cn1cnc(S(=O)(=O)NCC(=O)N2CCCc3c(N)cccc32)c1. The fraction of sp³-hybridized carbons (Fsp3) is 0.333. The van der Waals surface area contributed by atoms with Gasteiger partial charge in [0.25, 0.3) is 10.0 Å². The molecule has 0 bridgehead atoms. The highest BCUT2D eigenvalue weighted by molar-refractivity contribution is 7.89. The number of nitrogens with zero attached hydrogens (tertiary/aromatic N) is 3. The number of hydrogen-bond donors (Lipinski definition) is 2. The molecule has 2 heterocycles. The number of aromatic nitrogens is 2. The van der Waals surface area contributed by atoms with Crippen LogP contribution in [0.15, 0.2) is 35.7 Å². The van der Waals surface area contributed by atoms with Gasteiger partial charge in [-0.1, -0.05) is 6.07 Å². The number of hydrogen-bond acceptors (Lipinski definition) is 5. The average molecular weight is 349 g/mol. The summed E-state index contributed by atoms with van der Waals surface area (Å²) in [6.07, 6.45) is 4.37. The van der Waals surface area contributed by atoms with Gasteiger partial charge in [0.15, 0.2) is 5.03 Å². The second-order valence-electron chi connectivity index (χ2n) is 5.70. The van der Waals surface area contributed by atoms with E-state index in [-0.39, 0.29) is 17.5 Å². The van der Waals surface area contributed by atoms with Gasteiger partial charge in [-0.2, -0.15) is 0 Å². The lowest BCUT2D eigenvalue weighted by Crippen LogP contribution is -2.42. The molecule has 1 aromatic carbocycles. The molecule has 8 nitrogen and oxygen atoms in total. The van der Waals surface area contributed by atoms with E-state index < -0.39 is 10.0 Å². The molecule has 0 spiro atoms. The second kappa shape index (κ2) is 6.25. The highest BCUT2D eigenvalue weighted by Gasteiger charge is 2.25. The van der Waals surface area contributed by atoms with Crippen molar-refractivity contribution in [2.75, 3.05) is 23.7 Å². The maximum Gasteiger partial charge on any atom is 0.260 e. The van der Waals surface area contributed by atoms with Gasteiger partial charge in [0.05, 0.1) is 12.9 Å². The van der Waals surface area contributed by atoms with Crippen molar-refractivity contribution in [1.29, 1.82) is 0 Å². The van der Waals surface area contributed by atoms with Crippen LogP contribution < -0.4 is 15.4 Å². The summed E-state index contributed by atoms with van der Waals surface area (Å²) in [7, 11) is -2.14. The number of imidazole rings is 1. The third-order valence-electron chi connectivity index (χ3n) is 3.96. The molecule has 0 fully saturated rings. The highest BCUT2D eigenvalue weighted by Crippen LogP contribution is 2.31. The lowest BCUT2D eigenvalue weighted by atomic mass is 10.00. The van der Waals surface area contributed by atoms with Gasteiger partial charge >= 0.3 is 0 Å². The van der Waals surface area contributed by atoms with Crippen molar-refractivity contribution in [3.05, 3.63) is 36.3 Å². The van der Waals surface area contributed by atoms with Crippen LogP contribution >= 0.6 is 0 Å². The van der Waals surface area contributed by atoms with Gasteiger partial charge in [0.1, 0.15) is 0 Å². The molecular formula is C15H19N5O3S. The van der Waals surface area contributed by atoms with Crippen molar-refractivity contribution in [2.45, 2.75) is 17.9 Å². The zero-order valence-electron chi connectivity index (χ0n) is 13.3. The summed E-state index contributed by atoms with van der Waals surface area (Å²) in [5, 5.41) is -0.110. The molecule has 0 aliphatic carbocycles. The molecule has 0 saturated carbocycles. The Balaban J connectivity index is 1.74. The fourth-order valence-corrected chi connectivity index (χ4v) is 3.72. The van der Waals surface area contributed by atoms with Gasteiger partial charge < -0.3 is 15.2 Å². The molecule has 1 aromatic heterocycles. The van der Waals surface area contributed by atoms with Crippen molar-refractivity contribution < 1.29 is 13.2 Å². The van der Waals surface area contributed by atoms with Gasteiger partial charge in [0.2, 0.25) is 5.91 Å². The summed E-state index contributed by atoms with van der Waals surface area (Å²) in [4.78, 5) is 17.9. The Bertz CT molecular complexity index is 875. The Kier molecular flexibility index (Phi) is 4.29. The number of carbonyl (C=O) groups is 1. The molecule has 128 valence electrons. The molecule has 3 rings (SSSR count). The first-order chi connectivity index (χ1) is 11.4. The van der Waals surface area contributed by atoms with Crippen LogP contribution in [-0.2, 0) is 28.3 Å². The Hall–Kier alpha value is -2.39. The van der Waals surface area contributed by atoms with Gasteiger partial charge in [-0.3, -0.25) is 4.79 Å². The van der Waals surface area contributed by atoms with Crippen LogP contribution in [0.25, 0.3) is 0 Å². The number of carbonyl (C=O) groups excluding carboxylic acids is 1. The van der Waals surface area contributed by atoms with E-state index in [1.807, 2.05) is 6.07 Å².